The minimum absolute atomic E-state index is 0.145. The Labute approximate surface area is 104 Å². The molecule has 0 amide bonds. The summed E-state index contributed by atoms with van der Waals surface area (Å²) < 4.78 is 57.2. The normalized spacial score (nSPS) is 12.7. The highest BCUT2D eigenvalue weighted by molar-refractivity contribution is 8.15. The lowest BCUT2D eigenvalue weighted by Gasteiger charge is -2.03. The molecule has 0 atom stereocenters. The van der Waals surface area contributed by atoms with E-state index in [0.717, 1.165) is 11.3 Å². The fraction of sp³-hybridized carbons (Fsp3) is 0.375. The van der Waals surface area contributed by atoms with Gasteiger partial charge in [0.1, 0.15) is 4.21 Å². The molecule has 0 N–H and O–H groups in total. The van der Waals surface area contributed by atoms with E-state index in [4.69, 9.17) is 10.7 Å². The van der Waals surface area contributed by atoms with Gasteiger partial charge in [0.05, 0.1) is 0 Å². The number of halogens is 4. The third kappa shape index (κ3) is 4.29. The van der Waals surface area contributed by atoms with Crippen LogP contribution in [0.5, 0.6) is 0 Å². The van der Waals surface area contributed by atoms with Crippen LogP contribution in [-0.2, 0) is 20.3 Å². The van der Waals surface area contributed by atoms with Crippen molar-refractivity contribution in [1.29, 1.82) is 0 Å². The number of hydrogen-bond donors (Lipinski definition) is 0. The highest BCUT2D eigenvalue weighted by Gasteiger charge is 2.37. The molecule has 17 heavy (non-hydrogen) atoms. The zero-order valence-corrected chi connectivity index (χ0v) is 10.5. The molecule has 0 fully saturated rings. The SMILES string of the molecule is O=C(CCc1ccc(S(=O)(=O)Cl)s1)C(F)(F)F. The number of carbonyl (C=O) groups excluding carboxylic acids is 1. The van der Waals surface area contributed by atoms with Crippen molar-refractivity contribution in [3.05, 3.63) is 17.0 Å². The van der Waals surface area contributed by atoms with E-state index in [0.29, 0.717) is 4.88 Å². The fourth-order valence-corrected chi connectivity index (χ4v) is 3.12. The van der Waals surface area contributed by atoms with Crippen molar-refractivity contribution in [2.75, 3.05) is 0 Å². The third-order valence-electron chi connectivity index (χ3n) is 1.79. The van der Waals surface area contributed by atoms with Crippen LogP contribution >= 0.6 is 22.0 Å². The predicted octanol–water partition coefficient (Wildman–Crippen LogP) is 2.74. The van der Waals surface area contributed by atoms with Crippen LogP contribution in [0.3, 0.4) is 0 Å². The molecule has 0 aliphatic rings. The molecule has 9 heteroatoms. The second-order valence-electron chi connectivity index (χ2n) is 3.08. The van der Waals surface area contributed by atoms with Crippen LogP contribution in [0.4, 0.5) is 13.2 Å². The van der Waals surface area contributed by atoms with E-state index in [2.05, 4.69) is 0 Å². The molecule has 0 radical (unpaired) electrons. The van der Waals surface area contributed by atoms with Gasteiger partial charge in [-0.05, 0) is 18.6 Å². The molecule has 1 aromatic heterocycles. The summed E-state index contributed by atoms with van der Waals surface area (Å²) in [5.41, 5.74) is 0. The lowest BCUT2D eigenvalue weighted by Crippen LogP contribution is -2.22. The zero-order chi connectivity index (χ0) is 13.3. The monoisotopic (exact) mass is 306 g/mol. The van der Waals surface area contributed by atoms with Crippen molar-refractivity contribution < 1.29 is 26.4 Å². The van der Waals surface area contributed by atoms with Gasteiger partial charge >= 0.3 is 6.18 Å². The van der Waals surface area contributed by atoms with E-state index in [1.54, 1.807) is 0 Å². The first kappa shape index (κ1) is 14.5. The summed E-state index contributed by atoms with van der Waals surface area (Å²) in [6.45, 7) is 0. The van der Waals surface area contributed by atoms with Gasteiger partial charge in [-0.15, -0.1) is 11.3 Å². The minimum Gasteiger partial charge on any atom is -0.290 e. The summed E-state index contributed by atoms with van der Waals surface area (Å²) in [4.78, 5) is 10.9. The highest BCUT2D eigenvalue weighted by atomic mass is 35.7. The molecule has 0 aliphatic carbocycles. The van der Waals surface area contributed by atoms with Gasteiger partial charge in [0.25, 0.3) is 9.05 Å². The molecule has 0 aliphatic heterocycles. The van der Waals surface area contributed by atoms with Crippen molar-refractivity contribution in [3.63, 3.8) is 0 Å². The van der Waals surface area contributed by atoms with Crippen molar-refractivity contribution in [2.24, 2.45) is 0 Å². The van der Waals surface area contributed by atoms with Gasteiger partial charge in [-0.1, -0.05) is 0 Å². The maximum atomic E-state index is 11.9. The van der Waals surface area contributed by atoms with E-state index >= 15 is 0 Å². The summed E-state index contributed by atoms with van der Waals surface area (Å²) >= 11 is 0.753. The standard InChI is InChI=1S/C8H6ClF3O3S2/c9-17(14,15)7-4-2-5(16-7)1-3-6(13)8(10,11)12/h2,4H,1,3H2. The Bertz CT molecular complexity index is 518. The van der Waals surface area contributed by atoms with Gasteiger partial charge in [-0.3, -0.25) is 4.79 Å². The number of hydrogen-bond acceptors (Lipinski definition) is 4. The van der Waals surface area contributed by atoms with Gasteiger partial charge < -0.3 is 0 Å². The highest BCUT2D eigenvalue weighted by Crippen LogP contribution is 2.26. The molecule has 0 unspecified atom stereocenters. The molecular formula is C8H6ClF3O3S2. The van der Waals surface area contributed by atoms with Crippen LogP contribution in [0.2, 0.25) is 0 Å². The number of aryl methyl sites for hydroxylation is 1. The molecule has 96 valence electrons. The largest absolute Gasteiger partial charge is 0.449 e. The van der Waals surface area contributed by atoms with E-state index in [-0.39, 0.29) is 10.6 Å². The molecular weight excluding hydrogens is 301 g/mol. The number of ketones is 1. The van der Waals surface area contributed by atoms with Gasteiger partial charge in [0, 0.05) is 22.0 Å². The maximum Gasteiger partial charge on any atom is 0.449 e. The van der Waals surface area contributed by atoms with Crippen molar-refractivity contribution in [3.8, 4) is 0 Å². The topological polar surface area (TPSA) is 51.2 Å². The Morgan fingerprint density at radius 1 is 1.35 bits per heavy atom. The van der Waals surface area contributed by atoms with Crippen molar-refractivity contribution in [1.82, 2.24) is 0 Å². The lowest BCUT2D eigenvalue weighted by molar-refractivity contribution is -0.170. The second-order valence-corrected chi connectivity index (χ2v) is 7.04. The third-order valence-corrected chi connectivity index (χ3v) is 5.03. The molecule has 0 bridgehead atoms. The summed E-state index contributed by atoms with van der Waals surface area (Å²) in [6.07, 6.45) is -5.71. The smallest absolute Gasteiger partial charge is 0.290 e. The van der Waals surface area contributed by atoms with Crippen LogP contribution in [0.1, 0.15) is 11.3 Å². The summed E-state index contributed by atoms with van der Waals surface area (Å²) in [7, 11) is 1.18. The number of thiophene rings is 1. The Morgan fingerprint density at radius 2 is 1.94 bits per heavy atom. The van der Waals surface area contributed by atoms with Crippen LogP contribution in [-0.4, -0.2) is 20.4 Å². The van der Waals surface area contributed by atoms with Crippen LogP contribution in [0, 0.1) is 0 Å². The fourth-order valence-electron chi connectivity index (χ4n) is 1.00. The first-order chi connectivity index (χ1) is 7.60. The molecule has 3 nitrogen and oxygen atoms in total. The van der Waals surface area contributed by atoms with Gasteiger partial charge in [0.2, 0.25) is 5.78 Å². The van der Waals surface area contributed by atoms with Crippen molar-refractivity contribution >= 4 is 36.9 Å². The van der Waals surface area contributed by atoms with E-state index in [1.807, 2.05) is 0 Å². The van der Waals surface area contributed by atoms with Crippen LogP contribution in [0.25, 0.3) is 0 Å². The predicted molar refractivity (Wildman–Crippen MR) is 56.7 cm³/mol. The number of alkyl halides is 3. The first-order valence-corrected chi connectivity index (χ1v) is 7.36. The average Bonchev–Trinajstić information content (AvgIpc) is 2.59. The Balaban J connectivity index is 2.66. The first-order valence-electron chi connectivity index (χ1n) is 4.24. The Morgan fingerprint density at radius 3 is 2.35 bits per heavy atom. The molecule has 0 saturated heterocycles. The molecule has 1 rings (SSSR count). The number of carbonyl (C=O) groups is 1. The molecule has 1 heterocycles. The molecule has 0 saturated carbocycles. The Kier molecular flexibility index (Phi) is 4.21. The summed E-state index contributed by atoms with van der Waals surface area (Å²) in [5.74, 6) is -1.83. The summed E-state index contributed by atoms with van der Waals surface area (Å²) in [5, 5.41) is 0. The van der Waals surface area contributed by atoms with Gasteiger partial charge in [-0.2, -0.15) is 13.2 Å². The van der Waals surface area contributed by atoms with E-state index in [1.165, 1.54) is 12.1 Å². The van der Waals surface area contributed by atoms with Gasteiger partial charge in [0.15, 0.2) is 0 Å². The van der Waals surface area contributed by atoms with E-state index < -0.39 is 27.4 Å². The lowest BCUT2D eigenvalue weighted by atomic mass is 10.2. The average molecular weight is 307 g/mol. The molecule has 1 aromatic rings. The maximum absolute atomic E-state index is 11.9. The quantitative estimate of drug-likeness (QED) is 0.804. The number of rotatable bonds is 4. The number of Topliss-reactive ketones (excluding diaryl/α,β-unsaturated/α-hetero) is 1. The molecule has 0 aromatic carbocycles. The molecule has 0 spiro atoms. The van der Waals surface area contributed by atoms with Crippen LogP contribution in [0.15, 0.2) is 16.3 Å². The van der Waals surface area contributed by atoms with Crippen LogP contribution < -0.4 is 0 Å². The second kappa shape index (κ2) is 4.95. The summed E-state index contributed by atoms with van der Waals surface area (Å²) in [6, 6.07) is 2.53. The van der Waals surface area contributed by atoms with Crippen molar-refractivity contribution in [2.45, 2.75) is 23.2 Å². The zero-order valence-electron chi connectivity index (χ0n) is 8.12. The minimum atomic E-state index is -4.85. The van der Waals surface area contributed by atoms with Gasteiger partial charge in [-0.25, -0.2) is 8.42 Å². The Hall–Kier alpha value is -0.600. The van der Waals surface area contributed by atoms with E-state index in [9.17, 15) is 26.4 Å².